The van der Waals surface area contributed by atoms with Gasteiger partial charge in [0.1, 0.15) is 23.8 Å². The van der Waals surface area contributed by atoms with Crippen LogP contribution in [0.25, 0.3) is 11.0 Å². The number of nitrogen functional groups attached to an aromatic ring is 2. The number of aldehydes is 1. The molecule has 3 rings (SSSR count). The molecule has 0 radical (unpaired) electrons. The zero-order valence-electron chi connectivity index (χ0n) is 18.7. The molecule has 184 valence electrons. The van der Waals surface area contributed by atoms with E-state index in [9.17, 15) is 24.3 Å². The van der Waals surface area contributed by atoms with E-state index < -0.39 is 23.9 Å². The van der Waals surface area contributed by atoms with Gasteiger partial charge in [-0.15, -0.1) is 0 Å². The van der Waals surface area contributed by atoms with Crippen LogP contribution >= 0.6 is 0 Å². The maximum atomic E-state index is 12.5. The van der Waals surface area contributed by atoms with Crippen molar-refractivity contribution in [2.75, 3.05) is 11.5 Å². The first-order valence-corrected chi connectivity index (χ1v) is 10.9. The van der Waals surface area contributed by atoms with Crippen molar-refractivity contribution in [1.29, 1.82) is 0 Å². The number of anilines is 2. The molecule has 12 heteroatoms. The lowest BCUT2D eigenvalue weighted by atomic mass is 9.89. The molecule has 2 heterocycles. The molecule has 35 heavy (non-hydrogen) atoms. The van der Waals surface area contributed by atoms with Crippen LogP contribution in [-0.2, 0) is 20.8 Å². The van der Waals surface area contributed by atoms with E-state index in [1.807, 2.05) is 0 Å². The fourth-order valence-electron chi connectivity index (χ4n) is 3.88. The second-order valence-electron chi connectivity index (χ2n) is 8.06. The SMILES string of the molecule is Nc1nc(N)c2c(CCC(CC=O)c3ccc(C(=O)N[C@@H](CCC(=O)O)C(=O)O)cc3)c[nH]c2n1. The maximum absolute atomic E-state index is 12.5. The van der Waals surface area contributed by atoms with Crippen LogP contribution in [0.2, 0.25) is 0 Å². The Morgan fingerprint density at radius 3 is 2.43 bits per heavy atom. The number of rotatable bonds is 12. The highest BCUT2D eigenvalue weighted by atomic mass is 16.4. The molecule has 0 bridgehead atoms. The summed E-state index contributed by atoms with van der Waals surface area (Å²) in [6.07, 6.45) is 3.46. The number of nitrogens with two attached hydrogens (primary N) is 2. The normalized spacial score (nSPS) is 12.7. The van der Waals surface area contributed by atoms with Crippen molar-refractivity contribution in [2.45, 2.75) is 44.1 Å². The third-order valence-electron chi connectivity index (χ3n) is 5.70. The van der Waals surface area contributed by atoms with Gasteiger partial charge >= 0.3 is 11.9 Å². The van der Waals surface area contributed by atoms with E-state index in [2.05, 4.69) is 20.3 Å². The van der Waals surface area contributed by atoms with Gasteiger partial charge in [0.2, 0.25) is 5.95 Å². The smallest absolute Gasteiger partial charge is 0.326 e. The Labute approximate surface area is 199 Å². The number of amides is 1. The summed E-state index contributed by atoms with van der Waals surface area (Å²) in [6.45, 7) is 0. The molecule has 8 N–H and O–H groups in total. The van der Waals surface area contributed by atoms with Gasteiger partial charge in [0.15, 0.2) is 0 Å². The Morgan fingerprint density at radius 1 is 1.09 bits per heavy atom. The highest BCUT2D eigenvalue weighted by Crippen LogP contribution is 2.29. The number of aryl methyl sites for hydroxylation is 1. The van der Waals surface area contributed by atoms with Crippen molar-refractivity contribution < 1.29 is 29.4 Å². The van der Waals surface area contributed by atoms with E-state index in [0.717, 1.165) is 17.4 Å². The lowest BCUT2D eigenvalue weighted by Crippen LogP contribution is -2.41. The van der Waals surface area contributed by atoms with Crippen molar-refractivity contribution in [3.63, 3.8) is 0 Å². The van der Waals surface area contributed by atoms with Crippen LogP contribution in [0.3, 0.4) is 0 Å². The van der Waals surface area contributed by atoms with Gasteiger partial charge in [-0.1, -0.05) is 12.1 Å². The predicted molar refractivity (Wildman–Crippen MR) is 127 cm³/mol. The standard InChI is InChI=1S/C23H26N6O6/c24-19-18-15(11-26-20(18)29-23(25)28-19)6-3-13(9-10-30)12-1-4-14(5-2-12)21(33)27-16(22(34)35)7-8-17(31)32/h1-2,4-5,10-11,13,16H,3,6-9H2,(H,27,33)(H,31,32)(H,34,35)(H5,24,25,26,28,29)/t13?,16-/m0/s1. The molecule has 0 spiro atoms. The number of H-pyrrole nitrogens is 1. The van der Waals surface area contributed by atoms with Crippen LogP contribution in [0.15, 0.2) is 30.5 Å². The molecule has 0 saturated carbocycles. The van der Waals surface area contributed by atoms with E-state index in [1.165, 1.54) is 0 Å². The van der Waals surface area contributed by atoms with Crippen LogP contribution in [0.1, 0.15) is 53.1 Å². The highest BCUT2D eigenvalue weighted by Gasteiger charge is 2.22. The number of aromatic amines is 1. The number of nitrogens with one attached hydrogen (secondary N) is 2. The fraction of sp³-hybridized carbons (Fsp3) is 0.304. The number of benzene rings is 1. The van der Waals surface area contributed by atoms with Crippen LogP contribution < -0.4 is 16.8 Å². The third kappa shape index (κ3) is 6.31. The average Bonchev–Trinajstić information content (AvgIpc) is 3.22. The van der Waals surface area contributed by atoms with Crippen molar-refractivity contribution in [2.24, 2.45) is 0 Å². The Kier molecular flexibility index (Phi) is 7.97. The minimum atomic E-state index is -1.32. The molecule has 3 aromatic rings. The summed E-state index contributed by atoms with van der Waals surface area (Å²) < 4.78 is 0. The van der Waals surface area contributed by atoms with Crippen molar-refractivity contribution in [3.8, 4) is 0 Å². The second-order valence-corrected chi connectivity index (χ2v) is 8.06. The average molecular weight is 482 g/mol. The van der Waals surface area contributed by atoms with Gasteiger partial charge in [-0.2, -0.15) is 9.97 Å². The molecule has 0 aliphatic carbocycles. The molecule has 0 aliphatic rings. The topological polar surface area (TPSA) is 214 Å². The molecular weight excluding hydrogens is 456 g/mol. The molecule has 2 aromatic heterocycles. The van der Waals surface area contributed by atoms with Crippen molar-refractivity contribution >= 4 is 46.9 Å². The van der Waals surface area contributed by atoms with Gasteiger partial charge in [0.25, 0.3) is 5.91 Å². The van der Waals surface area contributed by atoms with Crippen LogP contribution in [-0.4, -0.2) is 55.3 Å². The van der Waals surface area contributed by atoms with Crippen LogP contribution in [0.5, 0.6) is 0 Å². The minimum absolute atomic E-state index is 0.0721. The number of carboxylic acids is 2. The summed E-state index contributed by atoms with van der Waals surface area (Å²) in [5.41, 5.74) is 14.1. The largest absolute Gasteiger partial charge is 0.481 e. The minimum Gasteiger partial charge on any atom is -0.481 e. The fourth-order valence-corrected chi connectivity index (χ4v) is 3.88. The van der Waals surface area contributed by atoms with Gasteiger partial charge in [0, 0.05) is 24.6 Å². The van der Waals surface area contributed by atoms with E-state index in [-0.39, 0.29) is 42.5 Å². The molecule has 0 fully saturated rings. The molecule has 12 nitrogen and oxygen atoms in total. The number of nitrogens with zero attached hydrogens (tertiary/aromatic N) is 2. The summed E-state index contributed by atoms with van der Waals surface area (Å²) in [5.74, 6) is -2.88. The summed E-state index contributed by atoms with van der Waals surface area (Å²) in [6, 6.07) is 5.19. The first-order valence-electron chi connectivity index (χ1n) is 10.9. The Balaban J connectivity index is 1.69. The Morgan fingerprint density at radius 2 is 1.80 bits per heavy atom. The van der Waals surface area contributed by atoms with E-state index in [1.54, 1.807) is 30.5 Å². The lowest BCUT2D eigenvalue weighted by Gasteiger charge is -2.16. The van der Waals surface area contributed by atoms with Gasteiger partial charge in [-0.25, -0.2) is 4.79 Å². The third-order valence-corrected chi connectivity index (χ3v) is 5.70. The first kappa shape index (κ1) is 25.1. The number of fused-ring (bicyclic) bond motifs is 1. The number of aliphatic carboxylic acids is 2. The molecule has 1 unspecified atom stereocenters. The number of carbonyl (C=O) groups excluding carboxylic acids is 2. The van der Waals surface area contributed by atoms with Gasteiger partial charge in [-0.3, -0.25) is 9.59 Å². The van der Waals surface area contributed by atoms with E-state index in [4.69, 9.17) is 16.6 Å². The van der Waals surface area contributed by atoms with Gasteiger partial charge in [-0.05, 0) is 48.4 Å². The molecule has 1 amide bonds. The first-order chi connectivity index (χ1) is 16.7. The molecule has 0 aliphatic heterocycles. The van der Waals surface area contributed by atoms with Crippen molar-refractivity contribution in [3.05, 3.63) is 47.2 Å². The second kappa shape index (κ2) is 11.1. The number of carbonyl (C=O) groups is 4. The summed E-state index contributed by atoms with van der Waals surface area (Å²) in [4.78, 5) is 56.9. The Bertz CT molecular complexity index is 1240. The van der Waals surface area contributed by atoms with Crippen LogP contribution in [0, 0.1) is 0 Å². The summed E-state index contributed by atoms with van der Waals surface area (Å²) >= 11 is 0. The zero-order chi connectivity index (χ0) is 25.5. The van der Waals surface area contributed by atoms with Gasteiger partial charge in [0.05, 0.1) is 5.39 Å². The van der Waals surface area contributed by atoms with E-state index >= 15 is 0 Å². The highest BCUT2D eigenvalue weighted by molar-refractivity contribution is 5.96. The molecule has 1 aromatic carbocycles. The van der Waals surface area contributed by atoms with Crippen molar-refractivity contribution in [1.82, 2.24) is 20.3 Å². The number of carboxylic acid groups (broad SMARTS) is 2. The summed E-state index contributed by atoms with van der Waals surface area (Å²) in [7, 11) is 0. The zero-order valence-corrected chi connectivity index (χ0v) is 18.7. The van der Waals surface area contributed by atoms with Crippen LogP contribution in [0.4, 0.5) is 11.8 Å². The molecule has 0 saturated heterocycles. The number of aromatic nitrogens is 3. The van der Waals surface area contributed by atoms with Gasteiger partial charge < -0.3 is 36.8 Å². The van der Waals surface area contributed by atoms with E-state index in [0.29, 0.717) is 23.9 Å². The number of hydrogen-bond acceptors (Lipinski definition) is 8. The quantitative estimate of drug-likeness (QED) is 0.204. The predicted octanol–water partition coefficient (Wildman–Crippen LogP) is 1.48. The number of hydrogen-bond donors (Lipinski definition) is 6. The molecular formula is C23H26N6O6. The Hall–Kier alpha value is -4.48. The lowest BCUT2D eigenvalue weighted by molar-refractivity contribution is -0.140. The molecule has 2 atom stereocenters. The monoisotopic (exact) mass is 482 g/mol. The summed E-state index contributed by atoms with van der Waals surface area (Å²) in [5, 5.41) is 21.0. The maximum Gasteiger partial charge on any atom is 0.326 e.